The molecule has 8 heteroatoms. The second-order valence-electron chi connectivity index (χ2n) is 10.9. The third kappa shape index (κ3) is 7.81. The van der Waals surface area contributed by atoms with Crippen molar-refractivity contribution in [2.45, 2.75) is 64.6 Å². The second-order valence-corrected chi connectivity index (χ2v) is 10.9. The largest absolute Gasteiger partial charge is 0.374 e. The van der Waals surface area contributed by atoms with E-state index in [9.17, 15) is 8.78 Å². The lowest BCUT2D eigenvalue weighted by Gasteiger charge is -2.12. The molecule has 0 saturated carbocycles. The molecule has 0 amide bonds. The Morgan fingerprint density at radius 1 is 0.571 bits per heavy atom. The second kappa shape index (κ2) is 14.5. The Morgan fingerprint density at radius 3 is 1.55 bits per heavy atom. The van der Waals surface area contributed by atoms with Crippen molar-refractivity contribution in [2.75, 3.05) is 26.6 Å². The smallest absolute Gasteiger partial charge is 0.0894 e. The SMILES string of the molecule is CC(OCCCCCF)c1cc2cc3[nH]c(cc4nc(cc5nc(cc1[nH]2)C=C5)C=C4)cc3C(C)OCCCCCF. The van der Waals surface area contributed by atoms with Crippen LogP contribution in [0.3, 0.4) is 0 Å². The number of aromatic amines is 2. The van der Waals surface area contributed by atoms with Crippen LogP contribution in [-0.4, -0.2) is 46.5 Å². The number of nitrogens with zero attached hydrogens (tertiary/aromatic N) is 2. The fraction of sp³-hybridized carbons (Fsp3) is 0.412. The zero-order valence-corrected chi connectivity index (χ0v) is 24.5. The summed E-state index contributed by atoms with van der Waals surface area (Å²) in [5, 5.41) is 0. The van der Waals surface area contributed by atoms with E-state index in [1.807, 2.05) is 56.4 Å². The summed E-state index contributed by atoms with van der Waals surface area (Å²) in [5.74, 6) is 0. The molecule has 2 atom stereocenters. The number of unbranched alkanes of at least 4 members (excludes halogenated alkanes) is 4. The lowest BCUT2D eigenvalue weighted by atomic mass is 10.1. The Hall–Kier alpha value is -3.62. The van der Waals surface area contributed by atoms with E-state index in [-0.39, 0.29) is 25.6 Å². The van der Waals surface area contributed by atoms with Gasteiger partial charge in [0.15, 0.2) is 0 Å². The Bertz CT molecular complexity index is 1570. The van der Waals surface area contributed by atoms with Crippen molar-refractivity contribution < 1.29 is 18.3 Å². The maximum absolute atomic E-state index is 12.5. The molecule has 0 aromatic carbocycles. The van der Waals surface area contributed by atoms with Gasteiger partial charge in [-0.2, -0.15) is 0 Å². The van der Waals surface area contributed by atoms with Crippen LogP contribution >= 0.6 is 0 Å². The first kappa shape index (κ1) is 29.9. The van der Waals surface area contributed by atoms with Crippen LogP contribution in [0.15, 0.2) is 36.4 Å². The van der Waals surface area contributed by atoms with E-state index in [1.54, 1.807) is 0 Å². The third-order valence-electron chi connectivity index (χ3n) is 7.53. The van der Waals surface area contributed by atoms with Crippen LogP contribution in [0.1, 0.15) is 98.5 Å². The van der Waals surface area contributed by atoms with Gasteiger partial charge in [0, 0.05) is 46.4 Å². The molecule has 0 fully saturated rings. The van der Waals surface area contributed by atoms with Crippen LogP contribution in [0, 0.1) is 0 Å². The average molecular weight is 575 g/mol. The van der Waals surface area contributed by atoms with Crippen LogP contribution in [0.25, 0.3) is 46.4 Å². The van der Waals surface area contributed by atoms with Crippen molar-refractivity contribution in [3.05, 3.63) is 70.3 Å². The molecule has 0 saturated heterocycles. The summed E-state index contributed by atoms with van der Waals surface area (Å²) in [6, 6.07) is 12.4. The summed E-state index contributed by atoms with van der Waals surface area (Å²) in [6.07, 6.45) is 12.1. The fourth-order valence-corrected chi connectivity index (χ4v) is 5.26. The van der Waals surface area contributed by atoms with Crippen LogP contribution in [0.2, 0.25) is 0 Å². The summed E-state index contributed by atoms with van der Waals surface area (Å²) in [7, 11) is 0. The molecule has 5 heterocycles. The maximum atomic E-state index is 12.5. The Kier molecular flexibility index (Phi) is 10.3. The van der Waals surface area contributed by atoms with Gasteiger partial charge in [0.1, 0.15) is 0 Å². The van der Waals surface area contributed by atoms with Crippen LogP contribution in [0.5, 0.6) is 0 Å². The van der Waals surface area contributed by atoms with Gasteiger partial charge in [0.05, 0.1) is 48.3 Å². The van der Waals surface area contributed by atoms with Crippen LogP contribution in [0.4, 0.5) is 8.78 Å². The van der Waals surface area contributed by atoms with E-state index in [0.29, 0.717) is 26.1 Å². The van der Waals surface area contributed by atoms with Crippen molar-refractivity contribution in [3.8, 4) is 0 Å². The molecule has 42 heavy (non-hydrogen) atoms. The van der Waals surface area contributed by atoms with E-state index in [2.05, 4.69) is 28.2 Å². The van der Waals surface area contributed by atoms with Gasteiger partial charge in [-0.3, -0.25) is 8.78 Å². The third-order valence-corrected chi connectivity index (χ3v) is 7.53. The molecule has 3 aromatic heterocycles. The zero-order chi connectivity index (χ0) is 29.3. The molecule has 6 nitrogen and oxygen atoms in total. The molecule has 0 aliphatic carbocycles. The predicted molar refractivity (Wildman–Crippen MR) is 167 cm³/mol. The number of aromatic nitrogens is 4. The van der Waals surface area contributed by atoms with Crippen molar-refractivity contribution in [3.63, 3.8) is 0 Å². The standard InChI is InChI=1S/C34H40F2N4O2/c1-23(41-15-7-3-5-13-35)31-19-29-18-27-10-9-25(37-27)17-26-11-12-28(38-26)21-33-32(20-30(40-33)22-34(31)39-29)24(2)42-16-8-4-6-14-36/h9-12,17-24,39-40H,3-8,13-16H2,1-2H3. The first-order valence-corrected chi connectivity index (χ1v) is 15.0. The van der Waals surface area contributed by atoms with Gasteiger partial charge in [0.25, 0.3) is 0 Å². The molecule has 2 aliphatic heterocycles. The lowest BCUT2D eigenvalue weighted by molar-refractivity contribution is 0.0634. The normalized spacial score (nSPS) is 14.0. The Morgan fingerprint density at radius 2 is 1.02 bits per heavy atom. The molecule has 2 unspecified atom stereocenters. The first-order chi connectivity index (χ1) is 20.5. The highest BCUT2D eigenvalue weighted by atomic mass is 19.1. The quantitative estimate of drug-likeness (QED) is 0.130. The van der Waals surface area contributed by atoms with E-state index >= 15 is 0 Å². The summed E-state index contributed by atoms with van der Waals surface area (Å²) >= 11 is 0. The van der Waals surface area contributed by atoms with Gasteiger partial charge in [0.2, 0.25) is 0 Å². The number of nitrogens with one attached hydrogen (secondary N) is 2. The number of ether oxygens (including phenoxy) is 2. The van der Waals surface area contributed by atoms with Gasteiger partial charge in [-0.15, -0.1) is 0 Å². The number of rotatable bonds is 14. The minimum Gasteiger partial charge on any atom is -0.374 e. The molecule has 8 bridgehead atoms. The number of hydrogen-bond donors (Lipinski definition) is 2. The molecular weight excluding hydrogens is 534 g/mol. The highest BCUT2D eigenvalue weighted by Crippen LogP contribution is 2.29. The number of hydrogen-bond acceptors (Lipinski definition) is 4. The monoisotopic (exact) mass is 574 g/mol. The van der Waals surface area contributed by atoms with E-state index in [4.69, 9.17) is 19.4 Å². The lowest BCUT2D eigenvalue weighted by Crippen LogP contribution is -2.01. The van der Waals surface area contributed by atoms with Crippen LogP contribution < -0.4 is 0 Å². The molecule has 0 spiro atoms. The molecule has 222 valence electrons. The molecule has 2 aliphatic rings. The topological polar surface area (TPSA) is 75.8 Å². The summed E-state index contributed by atoms with van der Waals surface area (Å²) in [6.45, 7) is 4.67. The zero-order valence-electron chi connectivity index (χ0n) is 24.5. The highest BCUT2D eigenvalue weighted by molar-refractivity contribution is 5.79. The molecule has 5 rings (SSSR count). The summed E-state index contributed by atoms with van der Waals surface area (Å²) < 4.78 is 37.3. The number of fused-ring (bicyclic) bond motifs is 8. The molecule has 2 N–H and O–H groups in total. The summed E-state index contributed by atoms with van der Waals surface area (Å²) in [4.78, 5) is 16.7. The fourth-order valence-electron chi connectivity index (χ4n) is 5.26. The average Bonchev–Trinajstić information content (AvgIpc) is 3.77. The number of halogens is 2. The Balaban J connectivity index is 1.58. The molecular formula is C34H40F2N4O2. The minimum absolute atomic E-state index is 0.155. The van der Waals surface area contributed by atoms with Gasteiger partial charge >= 0.3 is 0 Å². The van der Waals surface area contributed by atoms with Gasteiger partial charge in [-0.25, -0.2) is 9.97 Å². The van der Waals surface area contributed by atoms with E-state index in [0.717, 1.165) is 81.7 Å². The number of H-pyrrole nitrogens is 2. The van der Waals surface area contributed by atoms with Gasteiger partial charge in [-0.05, 0) is 113 Å². The minimum atomic E-state index is -0.288. The van der Waals surface area contributed by atoms with Crippen molar-refractivity contribution >= 4 is 46.4 Å². The van der Waals surface area contributed by atoms with E-state index in [1.165, 1.54) is 0 Å². The number of alkyl halides is 2. The molecule has 3 aromatic rings. The first-order valence-electron chi connectivity index (χ1n) is 15.0. The molecule has 0 radical (unpaired) electrons. The van der Waals surface area contributed by atoms with Gasteiger partial charge in [-0.1, -0.05) is 0 Å². The highest BCUT2D eigenvalue weighted by Gasteiger charge is 2.14. The van der Waals surface area contributed by atoms with Crippen molar-refractivity contribution in [2.24, 2.45) is 0 Å². The van der Waals surface area contributed by atoms with Crippen LogP contribution in [-0.2, 0) is 9.47 Å². The van der Waals surface area contributed by atoms with E-state index < -0.39 is 0 Å². The maximum Gasteiger partial charge on any atom is 0.0894 e. The predicted octanol–water partition coefficient (Wildman–Crippen LogP) is 9.09. The summed E-state index contributed by atoms with van der Waals surface area (Å²) in [5.41, 5.74) is 9.18. The van der Waals surface area contributed by atoms with Crippen molar-refractivity contribution in [1.82, 2.24) is 19.9 Å². The van der Waals surface area contributed by atoms with Gasteiger partial charge < -0.3 is 19.4 Å². The van der Waals surface area contributed by atoms with Crippen molar-refractivity contribution in [1.29, 1.82) is 0 Å². The Labute approximate surface area is 245 Å².